The second kappa shape index (κ2) is 6.19. The lowest BCUT2D eigenvalue weighted by molar-refractivity contribution is -0.384. The lowest BCUT2D eigenvalue weighted by Crippen LogP contribution is -1.99. The molecule has 7 heteroatoms. The first kappa shape index (κ1) is 14.7. The Hall–Kier alpha value is -1.66. The Labute approximate surface area is 127 Å². The maximum atomic E-state index is 13.5. The van der Waals surface area contributed by atoms with Gasteiger partial charge < -0.3 is 4.74 Å². The summed E-state index contributed by atoms with van der Waals surface area (Å²) in [5, 5.41) is 10.9. The van der Waals surface area contributed by atoms with Crippen LogP contribution in [-0.4, -0.2) is 4.92 Å². The van der Waals surface area contributed by atoms with Crippen molar-refractivity contribution in [1.82, 2.24) is 0 Å². The van der Waals surface area contributed by atoms with Gasteiger partial charge in [0.05, 0.1) is 16.0 Å². The van der Waals surface area contributed by atoms with E-state index in [9.17, 15) is 14.5 Å². The Morgan fingerprint density at radius 3 is 2.75 bits per heavy atom. The molecule has 2 aromatic rings. The van der Waals surface area contributed by atoms with Crippen LogP contribution in [0.2, 0.25) is 5.02 Å². The molecule has 0 aliphatic heterocycles. The molecule has 0 saturated carbocycles. The lowest BCUT2D eigenvalue weighted by Gasteiger charge is -2.09. The molecule has 0 bridgehead atoms. The standard InChI is InChI=1S/C13H8BrClFNO3/c14-9-1-4-12(16)8(5-9)7-20-13-6-10(17(18)19)2-3-11(13)15/h1-6H,7H2. The average Bonchev–Trinajstić information content (AvgIpc) is 2.41. The normalized spacial score (nSPS) is 10.3. The van der Waals surface area contributed by atoms with Gasteiger partial charge in [0.15, 0.2) is 0 Å². The van der Waals surface area contributed by atoms with E-state index in [-0.39, 0.29) is 23.1 Å². The summed E-state index contributed by atoms with van der Waals surface area (Å²) >= 11 is 9.12. The summed E-state index contributed by atoms with van der Waals surface area (Å²) in [4.78, 5) is 10.1. The average molecular weight is 361 g/mol. The van der Waals surface area contributed by atoms with Crippen molar-refractivity contribution < 1.29 is 14.1 Å². The quantitative estimate of drug-likeness (QED) is 0.585. The largest absolute Gasteiger partial charge is 0.487 e. The predicted octanol–water partition coefficient (Wildman–Crippen LogP) is 4.73. The molecule has 2 aromatic carbocycles. The molecule has 0 fully saturated rings. The van der Waals surface area contributed by atoms with Gasteiger partial charge in [-0.05, 0) is 24.3 Å². The van der Waals surface area contributed by atoms with Gasteiger partial charge in [-0.1, -0.05) is 27.5 Å². The second-order valence-corrected chi connectivity index (χ2v) is 5.22. The number of non-ortho nitro benzene ring substituents is 1. The van der Waals surface area contributed by atoms with Crippen LogP contribution >= 0.6 is 27.5 Å². The first-order valence-corrected chi connectivity index (χ1v) is 6.65. The minimum Gasteiger partial charge on any atom is -0.487 e. The van der Waals surface area contributed by atoms with Crippen molar-refractivity contribution in [3.8, 4) is 5.75 Å². The molecule has 0 amide bonds. The lowest BCUT2D eigenvalue weighted by atomic mass is 10.2. The van der Waals surface area contributed by atoms with Crippen molar-refractivity contribution in [3.05, 3.63) is 67.4 Å². The van der Waals surface area contributed by atoms with Crippen LogP contribution in [-0.2, 0) is 6.61 Å². The van der Waals surface area contributed by atoms with Crippen molar-refractivity contribution in [2.75, 3.05) is 0 Å². The van der Waals surface area contributed by atoms with Gasteiger partial charge in [0.25, 0.3) is 5.69 Å². The highest BCUT2D eigenvalue weighted by molar-refractivity contribution is 9.10. The monoisotopic (exact) mass is 359 g/mol. The van der Waals surface area contributed by atoms with Crippen LogP contribution in [0, 0.1) is 15.9 Å². The molecule has 0 heterocycles. The van der Waals surface area contributed by atoms with Gasteiger partial charge in [-0.15, -0.1) is 0 Å². The summed E-state index contributed by atoms with van der Waals surface area (Å²) in [5.41, 5.74) is 0.182. The van der Waals surface area contributed by atoms with Crippen molar-refractivity contribution in [3.63, 3.8) is 0 Å². The van der Waals surface area contributed by atoms with Crippen LogP contribution in [0.5, 0.6) is 5.75 Å². The Bertz CT molecular complexity index is 666. The summed E-state index contributed by atoms with van der Waals surface area (Å²) in [7, 11) is 0. The first-order valence-electron chi connectivity index (χ1n) is 5.48. The maximum absolute atomic E-state index is 13.5. The van der Waals surface area contributed by atoms with E-state index in [1.807, 2.05) is 0 Å². The number of nitro groups is 1. The molecule has 0 spiro atoms. The molecule has 0 atom stereocenters. The minimum atomic E-state index is -0.553. The van der Waals surface area contributed by atoms with Crippen LogP contribution in [0.25, 0.3) is 0 Å². The summed E-state index contributed by atoms with van der Waals surface area (Å²) < 4.78 is 19.6. The molecular weight excluding hydrogens is 353 g/mol. The fourth-order valence-electron chi connectivity index (χ4n) is 1.53. The summed E-state index contributed by atoms with van der Waals surface area (Å²) in [6.45, 7) is -0.0772. The van der Waals surface area contributed by atoms with Crippen molar-refractivity contribution in [1.29, 1.82) is 0 Å². The van der Waals surface area contributed by atoms with Crippen LogP contribution in [0.4, 0.5) is 10.1 Å². The Morgan fingerprint density at radius 2 is 2.05 bits per heavy atom. The predicted molar refractivity (Wildman–Crippen MR) is 76.5 cm³/mol. The fraction of sp³-hybridized carbons (Fsp3) is 0.0769. The maximum Gasteiger partial charge on any atom is 0.273 e. The Kier molecular flexibility index (Phi) is 4.57. The topological polar surface area (TPSA) is 52.4 Å². The van der Waals surface area contributed by atoms with Crippen LogP contribution in [0.3, 0.4) is 0 Å². The number of hydrogen-bond acceptors (Lipinski definition) is 3. The van der Waals surface area contributed by atoms with Gasteiger partial charge in [0.1, 0.15) is 18.2 Å². The summed E-state index contributed by atoms with van der Waals surface area (Å²) in [6.07, 6.45) is 0. The number of halogens is 3. The number of rotatable bonds is 4. The molecule has 0 radical (unpaired) electrons. The van der Waals surface area contributed by atoms with Crippen molar-refractivity contribution in [2.45, 2.75) is 6.61 Å². The van der Waals surface area contributed by atoms with E-state index in [2.05, 4.69) is 15.9 Å². The second-order valence-electron chi connectivity index (χ2n) is 3.90. The van der Waals surface area contributed by atoms with Crippen LogP contribution in [0.15, 0.2) is 40.9 Å². The molecule has 0 unspecified atom stereocenters. The molecule has 0 aromatic heterocycles. The zero-order valence-electron chi connectivity index (χ0n) is 9.98. The van der Waals surface area contributed by atoms with E-state index in [4.69, 9.17) is 16.3 Å². The number of ether oxygens (including phenoxy) is 1. The van der Waals surface area contributed by atoms with E-state index in [1.165, 1.54) is 24.3 Å². The van der Waals surface area contributed by atoms with E-state index < -0.39 is 10.7 Å². The minimum absolute atomic E-state index is 0.0772. The third-order valence-corrected chi connectivity index (χ3v) is 3.32. The van der Waals surface area contributed by atoms with Crippen molar-refractivity contribution in [2.24, 2.45) is 0 Å². The molecule has 20 heavy (non-hydrogen) atoms. The van der Waals surface area contributed by atoms with E-state index in [1.54, 1.807) is 12.1 Å². The van der Waals surface area contributed by atoms with Crippen LogP contribution in [0.1, 0.15) is 5.56 Å². The van der Waals surface area contributed by atoms with Crippen molar-refractivity contribution >= 4 is 33.2 Å². The number of hydrogen-bond donors (Lipinski definition) is 0. The summed E-state index contributed by atoms with van der Waals surface area (Å²) in [5.74, 6) is -0.282. The molecule has 4 nitrogen and oxygen atoms in total. The zero-order valence-corrected chi connectivity index (χ0v) is 12.3. The molecule has 0 saturated heterocycles. The highest BCUT2D eigenvalue weighted by Gasteiger charge is 2.12. The van der Waals surface area contributed by atoms with E-state index >= 15 is 0 Å². The van der Waals surface area contributed by atoms with E-state index in [0.29, 0.717) is 10.0 Å². The molecule has 0 aliphatic rings. The number of nitro benzene ring substituents is 1. The Balaban J connectivity index is 2.20. The van der Waals surface area contributed by atoms with Gasteiger partial charge in [-0.3, -0.25) is 10.1 Å². The molecular formula is C13H8BrClFNO3. The molecule has 2 rings (SSSR count). The molecule has 104 valence electrons. The van der Waals surface area contributed by atoms with Gasteiger partial charge in [0, 0.05) is 16.1 Å². The summed E-state index contributed by atoms with van der Waals surface area (Å²) in [6, 6.07) is 8.29. The SMILES string of the molecule is O=[N+]([O-])c1ccc(Cl)c(OCc2cc(Br)ccc2F)c1. The molecule has 0 N–H and O–H groups in total. The Morgan fingerprint density at radius 1 is 1.30 bits per heavy atom. The van der Waals surface area contributed by atoms with E-state index in [0.717, 1.165) is 0 Å². The zero-order chi connectivity index (χ0) is 14.7. The first-order chi connectivity index (χ1) is 9.47. The van der Waals surface area contributed by atoms with Gasteiger partial charge in [-0.25, -0.2) is 4.39 Å². The van der Waals surface area contributed by atoms with Crippen LogP contribution < -0.4 is 4.74 Å². The highest BCUT2D eigenvalue weighted by atomic mass is 79.9. The number of nitrogens with zero attached hydrogens (tertiary/aromatic N) is 1. The molecule has 0 aliphatic carbocycles. The number of benzene rings is 2. The fourth-order valence-corrected chi connectivity index (χ4v) is 2.11. The van der Waals surface area contributed by atoms with Gasteiger partial charge in [0.2, 0.25) is 0 Å². The van der Waals surface area contributed by atoms with Gasteiger partial charge in [-0.2, -0.15) is 0 Å². The third kappa shape index (κ3) is 3.46. The highest BCUT2D eigenvalue weighted by Crippen LogP contribution is 2.30. The smallest absolute Gasteiger partial charge is 0.273 e. The third-order valence-electron chi connectivity index (χ3n) is 2.52. The van der Waals surface area contributed by atoms with Gasteiger partial charge >= 0.3 is 0 Å².